The van der Waals surface area contributed by atoms with E-state index in [4.69, 9.17) is 9.47 Å². The summed E-state index contributed by atoms with van der Waals surface area (Å²) in [6.45, 7) is 6.64. The smallest absolute Gasteiger partial charge is 0.300 e. The molecule has 4 rings (SSSR count). The largest absolute Gasteiger partial charge is 0.507 e. The van der Waals surface area contributed by atoms with Gasteiger partial charge < -0.3 is 14.6 Å². The van der Waals surface area contributed by atoms with Gasteiger partial charge in [-0.25, -0.2) is 0 Å². The van der Waals surface area contributed by atoms with Crippen molar-refractivity contribution in [2.45, 2.75) is 26.8 Å². The Morgan fingerprint density at radius 1 is 0.971 bits per heavy atom. The molecule has 1 heterocycles. The molecule has 6 heteroatoms. The Bertz CT molecular complexity index is 1280. The zero-order valence-corrected chi connectivity index (χ0v) is 20.3. The molecule has 6 nitrogen and oxygen atoms in total. The lowest BCUT2D eigenvalue weighted by Crippen LogP contribution is -2.29. The van der Waals surface area contributed by atoms with Crippen LogP contribution in [0.5, 0.6) is 11.5 Å². The third-order valence-corrected chi connectivity index (χ3v) is 5.84. The SMILES string of the molecule is COc1cccc(N2C(=O)C(=O)/C(=C(/O)c3ccc(OCC(C)C)cc3)C2c2cccc(C)c2)c1. The number of carbonyl (C=O) groups is 2. The van der Waals surface area contributed by atoms with Gasteiger partial charge in [0.05, 0.1) is 25.3 Å². The first-order valence-electron chi connectivity index (χ1n) is 11.5. The lowest BCUT2D eigenvalue weighted by atomic mass is 9.94. The number of hydrogen-bond acceptors (Lipinski definition) is 5. The summed E-state index contributed by atoms with van der Waals surface area (Å²) in [6.07, 6.45) is 0. The summed E-state index contributed by atoms with van der Waals surface area (Å²) in [6, 6.07) is 20.6. The minimum Gasteiger partial charge on any atom is -0.507 e. The molecular formula is C29H29NO5. The number of aryl methyl sites for hydroxylation is 1. The first kappa shape index (κ1) is 24.1. The Kier molecular flexibility index (Phi) is 6.92. The second-order valence-electron chi connectivity index (χ2n) is 9.01. The Morgan fingerprint density at radius 3 is 2.34 bits per heavy atom. The second-order valence-corrected chi connectivity index (χ2v) is 9.01. The zero-order valence-electron chi connectivity index (χ0n) is 20.3. The number of methoxy groups -OCH3 is 1. The van der Waals surface area contributed by atoms with Crippen molar-refractivity contribution in [3.8, 4) is 11.5 Å². The normalized spacial score (nSPS) is 17.2. The van der Waals surface area contributed by atoms with Crippen LogP contribution >= 0.6 is 0 Å². The maximum Gasteiger partial charge on any atom is 0.300 e. The molecule has 1 saturated heterocycles. The van der Waals surface area contributed by atoms with E-state index >= 15 is 0 Å². The van der Waals surface area contributed by atoms with Gasteiger partial charge in [0, 0.05) is 17.3 Å². The van der Waals surface area contributed by atoms with Gasteiger partial charge in [-0.3, -0.25) is 14.5 Å². The molecule has 1 amide bonds. The van der Waals surface area contributed by atoms with Crippen molar-refractivity contribution >= 4 is 23.1 Å². The molecule has 0 aromatic heterocycles. The van der Waals surface area contributed by atoms with Gasteiger partial charge in [-0.2, -0.15) is 0 Å². The Balaban J connectivity index is 1.83. The minimum absolute atomic E-state index is 0.0410. The molecule has 3 aromatic rings. The quantitative estimate of drug-likeness (QED) is 0.273. The Labute approximate surface area is 205 Å². The van der Waals surface area contributed by atoms with E-state index in [1.54, 1.807) is 55.6 Å². The molecule has 1 aliphatic rings. The highest BCUT2D eigenvalue weighted by atomic mass is 16.5. The molecule has 1 aliphatic heterocycles. The van der Waals surface area contributed by atoms with Crippen molar-refractivity contribution in [3.63, 3.8) is 0 Å². The van der Waals surface area contributed by atoms with Crippen LogP contribution in [0.2, 0.25) is 0 Å². The second kappa shape index (κ2) is 10.1. The highest BCUT2D eigenvalue weighted by Gasteiger charge is 2.47. The first-order valence-corrected chi connectivity index (χ1v) is 11.5. The number of rotatable bonds is 7. The third kappa shape index (κ3) is 4.92. The van der Waals surface area contributed by atoms with Crippen molar-refractivity contribution in [2.75, 3.05) is 18.6 Å². The number of ether oxygens (including phenoxy) is 2. The van der Waals surface area contributed by atoms with Gasteiger partial charge in [-0.1, -0.05) is 49.7 Å². The van der Waals surface area contributed by atoms with Crippen LogP contribution in [0.1, 0.15) is 36.6 Å². The molecule has 1 N–H and O–H groups in total. The lowest BCUT2D eigenvalue weighted by molar-refractivity contribution is -0.132. The van der Waals surface area contributed by atoms with E-state index < -0.39 is 17.7 Å². The number of benzene rings is 3. The van der Waals surface area contributed by atoms with Crippen molar-refractivity contribution < 1.29 is 24.2 Å². The van der Waals surface area contributed by atoms with E-state index in [9.17, 15) is 14.7 Å². The Hall–Kier alpha value is -4.06. The molecule has 0 spiro atoms. The molecule has 1 unspecified atom stereocenters. The summed E-state index contributed by atoms with van der Waals surface area (Å²) in [7, 11) is 1.54. The fourth-order valence-corrected chi connectivity index (χ4v) is 4.14. The number of ketones is 1. The average molecular weight is 472 g/mol. The summed E-state index contributed by atoms with van der Waals surface area (Å²) in [4.78, 5) is 28.0. The number of nitrogens with zero attached hydrogens (tertiary/aromatic N) is 1. The first-order chi connectivity index (χ1) is 16.8. The van der Waals surface area contributed by atoms with Crippen molar-refractivity contribution in [1.29, 1.82) is 0 Å². The van der Waals surface area contributed by atoms with Gasteiger partial charge in [0.2, 0.25) is 0 Å². The van der Waals surface area contributed by atoms with E-state index in [1.165, 1.54) is 4.90 Å². The van der Waals surface area contributed by atoms with Crippen molar-refractivity contribution in [1.82, 2.24) is 0 Å². The predicted molar refractivity (Wildman–Crippen MR) is 136 cm³/mol. The number of aliphatic hydroxyl groups excluding tert-OH is 1. The molecule has 180 valence electrons. The Morgan fingerprint density at radius 2 is 1.69 bits per heavy atom. The summed E-state index contributed by atoms with van der Waals surface area (Å²) in [5, 5.41) is 11.3. The maximum atomic E-state index is 13.3. The van der Waals surface area contributed by atoms with E-state index in [0.717, 1.165) is 11.1 Å². The molecule has 0 saturated carbocycles. The summed E-state index contributed by atoms with van der Waals surface area (Å²) < 4.78 is 11.1. The number of amides is 1. The monoisotopic (exact) mass is 471 g/mol. The van der Waals surface area contributed by atoms with Gasteiger partial charge in [0.25, 0.3) is 11.7 Å². The highest BCUT2D eigenvalue weighted by molar-refractivity contribution is 6.51. The minimum atomic E-state index is -0.793. The van der Waals surface area contributed by atoms with Gasteiger partial charge in [-0.15, -0.1) is 0 Å². The lowest BCUT2D eigenvalue weighted by Gasteiger charge is -2.26. The van der Waals surface area contributed by atoms with Crippen LogP contribution < -0.4 is 14.4 Å². The topological polar surface area (TPSA) is 76.1 Å². The number of Topliss-reactive ketones (excluding diaryl/α,β-unsaturated/α-hetero) is 1. The number of anilines is 1. The van der Waals surface area contributed by atoms with Gasteiger partial charge in [0.1, 0.15) is 17.3 Å². The average Bonchev–Trinajstić information content (AvgIpc) is 3.13. The zero-order chi connectivity index (χ0) is 25.1. The van der Waals surface area contributed by atoms with E-state index in [2.05, 4.69) is 13.8 Å². The van der Waals surface area contributed by atoms with Crippen LogP contribution in [0.15, 0.2) is 78.4 Å². The predicted octanol–water partition coefficient (Wildman–Crippen LogP) is 5.66. The molecule has 1 fully saturated rings. The number of carbonyl (C=O) groups excluding carboxylic acids is 2. The maximum absolute atomic E-state index is 13.3. The van der Waals surface area contributed by atoms with Crippen molar-refractivity contribution in [3.05, 3.63) is 95.1 Å². The van der Waals surface area contributed by atoms with Crippen LogP contribution in [-0.2, 0) is 9.59 Å². The number of hydrogen-bond donors (Lipinski definition) is 1. The molecular weight excluding hydrogens is 442 g/mol. The van der Waals surface area contributed by atoms with Gasteiger partial charge in [0.15, 0.2) is 0 Å². The molecule has 0 bridgehead atoms. The summed E-state index contributed by atoms with van der Waals surface area (Å²) in [5.74, 6) is -0.0625. The molecule has 0 aliphatic carbocycles. The fraction of sp³-hybridized carbons (Fsp3) is 0.241. The van der Waals surface area contributed by atoms with Gasteiger partial charge in [-0.05, 0) is 54.8 Å². The number of aliphatic hydroxyl groups is 1. The van der Waals surface area contributed by atoms with E-state index in [1.807, 2.05) is 31.2 Å². The molecule has 35 heavy (non-hydrogen) atoms. The molecule has 3 aromatic carbocycles. The third-order valence-electron chi connectivity index (χ3n) is 5.84. The fourth-order valence-electron chi connectivity index (χ4n) is 4.14. The summed E-state index contributed by atoms with van der Waals surface area (Å²) in [5.41, 5.74) is 2.69. The highest BCUT2D eigenvalue weighted by Crippen LogP contribution is 2.43. The van der Waals surface area contributed by atoms with Crippen LogP contribution in [0.25, 0.3) is 5.76 Å². The van der Waals surface area contributed by atoms with Gasteiger partial charge >= 0.3 is 0 Å². The molecule has 0 radical (unpaired) electrons. The van der Waals surface area contributed by atoms with Crippen LogP contribution in [0.3, 0.4) is 0 Å². The van der Waals surface area contributed by atoms with Crippen molar-refractivity contribution in [2.24, 2.45) is 5.92 Å². The summed E-state index contributed by atoms with van der Waals surface area (Å²) >= 11 is 0. The van der Waals surface area contributed by atoms with E-state index in [0.29, 0.717) is 35.3 Å². The standard InChI is InChI=1S/C29H29NO5/c1-18(2)17-35-23-13-11-20(12-14-23)27(31)25-26(21-8-5-7-19(3)15-21)30(29(33)28(25)32)22-9-6-10-24(16-22)34-4/h5-16,18,26,31H,17H2,1-4H3/b27-25+. The van der Waals surface area contributed by atoms with Crippen LogP contribution in [0.4, 0.5) is 5.69 Å². The van der Waals surface area contributed by atoms with E-state index in [-0.39, 0.29) is 11.3 Å². The van der Waals surface area contributed by atoms with Crippen LogP contribution in [-0.4, -0.2) is 30.5 Å². The van der Waals surface area contributed by atoms with Crippen LogP contribution in [0, 0.1) is 12.8 Å². The molecule has 1 atom stereocenters.